The normalized spacial score (nSPS) is 11.8. The van der Waals surface area contributed by atoms with Gasteiger partial charge in [0.05, 0.1) is 32.0 Å². The summed E-state index contributed by atoms with van der Waals surface area (Å²) in [6, 6.07) is 4.74. The van der Waals surface area contributed by atoms with Gasteiger partial charge in [-0.05, 0) is 23.7 Å². The Morgan fingerprint density at radius 2 is 2.00 bits per heavy atom. The first-order valence-corrected chi connectivity index (χ1v) is 8.68. The Hall–Kier alpha value is -2.07. The molecule has 0 aliphatic rings. The number of hydrogen-bond donors (Lipinski definition) is 4. The van der Waals surface area contributed by atoms with E-state index in [1.54, 1.807) is 12.1 Å². The number of nitroso groups, excluding NO2 is 1. The fourth-order valence-electron chi connectivity index (χ4n) is 2.23. The van der Waals surface area contributed by atoms with Gasteiger partial charge in [0.1, 0.15) is 11.9 Å². The van der Waals surface area contributed by atoms with Crippen molar-refractivity contribution in [3.63, 3.8) is 0 Å². The number of anilines is 1. The molecular formula is C17H28N4O5. The highest BCUT2D eigenvalue weighted by Gasteiger charge is 2.19. The maximum Gasteiger partial charge on any atom is 0.257 e. The summed E-state index contributed by atoms with van der Waals surface area (Å²) in [5.74, 6) is -0.556. The van der Waals surface area contributed by atoms with Crippen molar-refractivity contribution in [2.45, 2.75) is 26.0 Å². The minimum Gasteiger partial charge on any atom is -0.382 e. The molecule has 0 saturated carbocycles. The number of aliphatic hydroxyl groups excluding tert-OH is 1. The number of aliphatic hydroxyl groups is 1. The molecule has 0 aliphatic heterocycles. The number of hydrogen-bond acceptors (Lipinski definition) is 8. The van der Waals surface area contributed by atoms with Gasteiger partial charge in [-0.25, -0.2) is 0 Å². The van der Waals surface area contributed by atoms with Crippen molar-refractivity contribution in [1.29, 1.82) is 0 Å². The van der Waals surface area contributed by atoms with Crippen molar-refractivity contribution in [2.75, 3.05) is 44.8 Å². The van der Waals surface area contributed by atoms with Crippen LogP contribution in [0.15, 0.2) is 23.4 Å². The third-order valence-electron chi connectivity index (χ3n) is 3.42. The van der Waals surface area contributed by atoms with E-state index in [0.717, 1.165) is 0 Å². The highest BCUT2D eigenvalue weighted by atomic mass is 16.5. The predicted octanol–water partition coefficient (Wildman–Crippen LogP) is 1.34. The van der Waals surface area contributed by atoms with Crippen LogP contribution in [0, 0.1) is 4.91 Å². The van der Waals surface area contributed by atoms with Gasteiger partial charge in [-0.15, -0.1) is 4.91 Å². The first kappa shape index (κ1) is 22.0. The molecule has 1 aromatic rings. The molecule has 0 aliphatic carbocycles. The quantitative estimate of drug-likeness (QED) is 0.221. The van der Waals surface area contributed by atoms with Crippen molar-refractivity contribution in [2.24, 2.45) is 10.9 Å². The van der Waals surface area contributed by atoms with Gasteiger partial charge in [-0.1, -0.05) is 19.4 Å². The van der Waals surface area contributed by atoms with E-state index in [1.807, 2.05) is 6.92 Å². The van der Waals surface area contributed by atoms with Gasteiger partial charge in [0.25, 0.3) is 5.91 Å². The molecule has 0 fully saturated rings. The third-order valence-corrected chi connectivity index (χ3v) is 3.42. The Bertz CT molecular complexity index is 556. The number of amides is 1. The van der Waals surface area contributed by atoms with Gasteiger partial charge in [-0.3, -0.25) is 4.79 Å². The minimum atomic E-state index is -0.975. The van der Waals surface area contributed by atoms with Crippen LogP contribution < -0.4 is 16.4 Å². The second-order valence-electron chi connectivity index (χ2n) is 5.51. The van der Waals surface area contributed by atoms with Crippen LogP contribution in [0.2, 0.25) is 0 Å². The molecular weight excluding hydrogens is 340 g/mol. The summed E-state index contributed by atoms with van der Waals surface area (Å²) in [4.78, 5) is 23.4. The fourth-order valence-corrected chi connectivity index (χ4v) is 2.23. The summed E-state index contributed by atoms with van der Waals surface area (Å²) in [5, 5.41) is 18.2. The summed E-state index contributed by atoms with van der Waals surface area (Å²) in [6.07, 6.45) is 0.162. The maximum atomic E-state index is 12.4. The number of nitrogens with one attached hydrogen (secondary N) is 2. The molecule has 26 heavy (non-hydrogen) atoms. The zero-order chi connectivity index (χ0) is 19.2. The van der Waals surface area contributed by atoms with E-state index in [-0.39, 0.29) is 11.3 Å². The van der Waals surface area contributed by atoms with Gasteiger partial charge in [0, 0.05) is 18.8 Å². The van der Waals surface area contributed by atoms with Crippen molar-refractivity contribution in [3.8, 4) is 0 Å². The largest absolute Gasteiger partial charge is 0.382 e. The first-order chi connectivity index (χ1) is 12.6. The Kier molecular flexibility index (Phi) is 11.1. The molecule has 1 atom stereocenters. The number of rotatable bonds is 14. The van der Waals surface area contributed by atoms with Gasteiger partial charge >= 0.3 is 0 Å². The summed E-state index contributed by atoms with van der Waals surface area (Å²) < 4.78 is 10.6. The van der Waals surface area contributed by atoms with Crippen molar-refractivity contribution in [1.82, 2.24) is 5.32 Å². The van der Waals surface area contributed by atoms with Crippen LogP contribution >= 0.6 is 0 Å². The zero-order valence-corrected chi connectivity index (χ0v) is 15.1. The predicted molar refractivity (Wildman–Crippen MR) is 99.5 cm³/mol. The highest BCUT2D eigenvalue weighted by Crippen LogP contribution is 2.26. The van der Waals surface area contributed by atoms with Gasteiger partial charge < -0.3 is 30.9 Å². The second kappa shape index (κ2) is 13.2. The first-order valence-electron chi connectivity index (χ1n) is 8.68. The van der Waals surface area contributed by atoms with Crippen LogP contribution in [0.3, 0.4) is 0 Å². The Labute approximate surface area is 153 Å². The molecule has 0 radical (unpaired) electrons. The van der Waals surface area contributed by atoms with E-state index in [9.17, 15) is 14.8 Å². The van der Waals surface area contributed by atoms with Gasteiger partial charge in [0.2, 0.25) is 0 Å². The Morgan fingerprint density at radius 1 is 1.27 bits per heavy atom. The molecule has 0 saturated heterocycles. The standard InChI is InChI=1S/C17H28N4O5/c1-2-4-15(22)20-17(23)16-13(5-3-6-14(16)21-24)19-8-10-26-12-11-25-9-7-18/h3,5-6,15,19,22H,2,4,7-12,18H2,1H3,(H,20,23). The molecule has 1 aromatic carbocycles. The number of carbonyl (C=O) groups is 1. The van der Waals surface area contributed by atoms with Crippen LogP contribution in [0.4, 0.5) is 11.4 Å². The molecule has 1 amide bonds. The Balaban J connectivity index is 2.59. The molecule has 0 bridgehead atoms. The molecule has 1 unspecified atom stereocenters. The van der Waals surface area contributed by atoms with Crippen molar-refractivity contribution >= 4 is 17.3 Å². The van der Waals surface area contributed by atoms with E-state index in [2.05, 4.69) is 15.8 Å². The Morgan fingerprint density at radius 3 is 2.65 bits per heavy atom. The SMILES string of the molecule is CCCC(O)NC(=O)c1c(N=O)cccc1NCCOCCOCCN. The van der Waals surface area contributed by atoms with Gasteiger partial charge in [0.15, 0.2) is 0 Å². The molecule has 0 heterocycles. The minimum absolute atomic E-state index is 0.00676. The van der Waals surface area contributed by atoms with Crippen LogP contribution in [-0.2, 0) is 9.47 Å². The lowest BCUT2D eigenvalue weighted by atomic mass is 10.1. The van der Waals surface area contributed by atoms with Crippen molar-refractivity contribution < 1.29 is 19.4 Å². The number of carbonyl (C=O) groups excluding carboxylic acids is 1. The highest BCUT2D eigenvalue weighted by molar-refractivity contribution is 6.04. The smallest absolute Gasteiger partial charge is 0.257 e. The lowest BCUT2D eigenvalue weighted by molar-refractivity contribution is 0.0547. The zero-order valence-electron chi connectivity index (χ0n) is 15.1. The molecule has 9 nitrogen and oxygen atoms in total. The maximum absolute atomic E-state index is 12.4. The number of benzene rings is 1. The fraction of sp³-hybridized carbons (Fsp3) is 0.588. The monoisotopic (exact) mass is 368 g/mol. The van der Waals surface area contributed by atoms with Crippen LogP contribution in [-0.4, -0.2) is 56.8 Å². The van der Waals surface area contributed by atoms with Crippen LogP contribution in [0.1, 0.15) is 30.1 Å². The molecule has 146 valence electrons. The van der Waals surface area contributed by atoms with E-state index < -0.39 is 12.1 Å². The van der Waals surface area contributed by atoms with E-state index >= 15 is 0 Å². The molecule has 0 aromatic heterocycles. The topological polar surface area (TPSA) is 135 Å². The molecule has 5 N–H and O–H groups in total. The van der Waals surface area contributed by atoms with Crippen LogP contribution in [0.5, 0.6) is 0 Å². The summed E-state index contributed by atoms with van der Waals surface area (Å²) in [5.41, 5.74) is 5.87. The lowest BCUT2D eigenvalue weighted by Crippen LogP contribution is -2.35. The van der Waals surface area contributed by atoms with E-state index in [1.165, 1.54) is 6.07 Å². The molecule has 9 heteroatoms. The van der Waals surface area contributed by atoms with Crippen molar-refractivity contribution in [3.05, 3.63) is 28.7 Å². The molecule has 0 spiro atoms. The van der Waals surface area contributed by atoms with E-state index in [0.29, 0.717) is 58.0 Å². The second-order valence-corrected chi connectivity index (χ2v) is 5.51. The number of nitrogens with two attached hydrogens (primary N) is 1. The lowest BCUT2D eigenvalue weighted by Gasteiger charge is -2.16. The third kappa shape index (κ3) is 7.87. The summed E-state index contributed by atoms with van der Waals surface area (Å²) in [6.45, 7) is 4.58. The molecule has 1 rings (SSSR count). The average Bonchev–Trinajstić information content (AvgIpc) is 2.63. The average molecular weight is 368 g/mol. The summed E-state index contributed by atoms with van der Waals surface area (Å²) >= 11 is 0. The number of nitrogens with zero attached hydrogens (tertiary/aromatic N) is 1. The van der Waals surface area contributed by atoms with E-state index in [4.69, 9.17) is 15.2 Å². The van der Waals surface area contributed by atoms with Gasteiger partial charge in [-0.2, -0.15) is 0 Å². The summed E-state index contributed by atoms with van der Waals surface area (Å²) in [7, 11) is 0. The van der Waals surface area contributed by atoms with Crippen LogP contribution in [0.25, 0.3) is 0 Å². The number of ether oxygens (including phenoxy) is 2.